The zero-order chi connectivity index (χ0) is 17.3. The molecule has 1 aliphatic rings. The first kappa shape index (κ1) is 17.9. The van der Waals surface area contributed by atoms with E-state index >= 15 is 0 Å². The summed E-state index contributed by atoms with van der Waals surface area (Å²) in [5.41, 5.74) is 4.39. The first-order valence-corrected chi connectivity index (χ1v) is 12.0. The summed E-state index contributed by atoms with van der Waals surface area (Å²) in [6.07, 6.45) is 0. The lowest BCUT2D eigenvalue weighted by molar-refractivity contribution is 0.758. The van der Waals surface area contributed by atoms with E-state index in [9.17, 15) is 0 Å². The normalized spacial score (nSPS) is 17.3. The van der Waals surface area contributed by atoms with E-state index < -0.39 is 14.1 Å². The molecule has 1 atom stereocenters. The second-order valence-electron chi connectivity index (χ2n) is 7.58. The van der Waals surface area contributed by atoms with E-state index in [1.54, 1.807) is 5.56 Å². The molecule has 0 radical (unpaired) electrons. The molecule has 0 fully saturated rings. The molecule has 3 rings (SSSR count). The lowest BCUT2D eigenvalue weighted by atomic mass is 10.1. The number of benzene rings is 2. The average molecular weight is 354 g/mol. The van der Waals surface area contributed by atoms with Gasteiger partial charge in [-0.25, -0.2) is 0 Å². The fourth-order valence-electron chi connectivity index (χ4n) is 4.26. The minimum Gasteiger partial charge on any atom is -0.368 e. The van der Waals surface area contributed by atoms with E-state index in [0.717, 1.165) is 15.4 Å². The Balaban J connectivity index is 2.14. The Kier molecular flexibility index (Phi) is 5.65. The highest BCUT2D eigenvalue weighted by Crippen LogP contribution is 2.46. The minimum atomic E-state index is -1.03. The molecule has 24 heavy (non-hydrogen) atoms. The molecule has 3 heteroatoms. The van der Waals surface area contributed by atoms with Gasteiger partial charge in [0.15, 0.2) is 0 Å². The topological polar surface area (TPSA) is 3.24 Å². The van der Waals surface area contributed by atoms with Crippen LogP contribution >= 0.6 is 11.8 Å². The molecule has 1 heterocycles. The van der Waals surface area contributed by atoms with Gasteiger partial charge in [-0.05, 0) is 30.2 Å². The van der Waals surface area contributed by atoms with E-state index in [4.69, 9.17) is 0 Å². The minimum absolute atomic E-state index is 0.587. The van der Waals surface area contributed by atoms with Crippen LogP contribution in [-0.4, -0.2) is 20.0 Å². The Morgan fingerprint density at radius 2 is 1.62 bits per heavy atom. The van der Waals surface area contributed by atoms with Crippen molar-refractivity contribution < 1.29 is 0 Å². The van der Waals surface area contributed by atoms with Gasteiger partial charge in [-0.15, -0.1) is 11.8 Å². The Morgan fingerprint density at radius 3 is 2.25 bits per heavy atom. The number of thioether (sulfide) groups is 1. The van der Waals surface area contributed by atoms with Crippen molar-refractivity contribution in [1.82, 2.24) is 0 Å². The average Bonchev–Trinajstić information content (AvgIpc) is 2.56. The Hall–Kier alpha value is -0.878. The van der Waals surface area contributed by atoms with Crippen LogP contribution in [0.5, 0.6) is 0 Å². The molecule has 126 valence electrons. The number of hydrogen-bond donors (Lipinski definition) is 0. The monoisotopic (exact) mass is 353 g/mol. The zero-order valence-corrected chi connectivity index (χ0v) is 17.5. The number of anilines is 1. The number of aryl methyl sites for hydroxylation is 1. The summed E-state index contributed by atoms with van der Waals surface area (Å²) >= 11 is 0.977. The molecule has 0 aliphatic carbocycles. The van der Waals surface area contributed by atoms with Gasteiger partial charge in [-0.1, -0.05) is 73.7 Å². The van der Waals surface area contributed by atoms with Crippen molar-refractivity contribution in [3.05, 3.63) is 59.7 Å². The summed E-state index contributed by atoms with van der Waals surface area (Å²) in [4.78, 5) is 4.81. The Morgan fingerprint density at radius 1 is 0.958 bits per heavy atom. The van der Waals surface area contributed by atoms with Crippen molar-refractivity contribution in [2.75, 3.05) is 10.8 Å². The van der Waals surface area contributed by atoms with Crippen LogP contribution < -0.4 is 4.90 Å². The number of fused-ring (bicyclic) bond motifs is 1. The standard InChI is InChI=1S/C15H14NS.2C3H7.Al/c1-12-6-5-7-13-10-16(11-17-15(12)13)14-8-3-2-4-9-14;2*1-3-2;/h2-10H,11H2,1H3;2*3H,1-2H3;. The molecule has 1 aliphatic heterocycles. The van der Waals surface area contributed by atoms with Crippen molar-refractivity contribution in [2.45, 2.75) is 54.0 Å². The van der Waals surface area contributed by atoms with Crippen LogP contribution in [0.3, 0.4) is 0 Å². The van der Waals surface area contributed by atoms with E-state index in [1.807, 2.05) is 11.8 Å². The second kappa shape index (κ2) is 7.56. The molecule has 0 amide bonds. The largest absolute Gasteiger partial charge is 0.368 e. The Labute approximate surface area is 155 Å². The lowest BCUT2D eigenvalue weighted by Crippen LogP contribution is -2.44. The highest BCUT2D eigenvalue weighted by atomic mass is 32.2. The predicted molar refractivity (Wildman–Crippen MR) is 110 cm³/mol. The van der Waals surface area contributed by atoms with Gasteiger partial charge in [0.1, 0.15) is 0 Å². The van der Waals surface area contributed by atoms with Crippen molar-refractivity contribution in [2.24, 2.45) is 0 Å². The SMILES string of the molecule is Cc1cccc2c1SCN(c1ccccc1)[CH]2[Al]([CH](C)C)[CH](C)C. The van der Waals surface area contributed by atoms with Crippen molar-refractivity contribution in [1.29, 1.82) is 0 Å². The first-order valence-electron chi connectivity index (χ1n) is 9.04. The van der Waals surface area contributed by atoms with Gasteiger partial charge >= 0.3 is 14.1 Å². The number of hydrogen-bond acceptors (Lipinski definition) is 2. The zero-order valence-electron chi connectivity index (χ0n) is 15.5. The highest BCUT2D eigenvalue weighted by molar-refractivity contribution is 7.99. The third-order valence-electron chi connectivity index (χ3n) is 5.24. The van der Waals surface area contributed by atoms with Crippen LogP contribution in [0.1, 0.15) is 43.7 Å². The molecule has 0 saturated heterocycles. The predicted octanol–water partition coefficient (Wildman–Crippen LogP) is 6.46. The van der Waals surface area contributed by atoms with Gasteiger partial charge < -0.3 is 4.90 Å². The smallest absolute Gasteiger partial charge is 0.308 e. The van der Waals surface area contributed by atoms with Crippen LogP contribution in [0.2, 0.25) is 9.56 Å². The first-order chi connectivity index (χ1) is 11.5. The molecule has 0 N–H and O–H groups in total. The highest BCUT2D eigenvalue weighted by Gasteiger charge is 2.42. The molecule has 0 spiro atoms. The summed E-state index contributed by atoms with van der Waals surface area (Å²) in [6, 6.07) is 17.9. The molecular formula is C21H28AlNS. The molecule has 0 aromatic heterocycles. The fraction of sp³-hybridized carbons (Fsp3) is 0.429. The number of para-hydroxylation sites is 1. The molecule has 0 bridgehead atoms. The summed E-state index contributed by atoms with van der Waals surface area (Å²) < 4.78 is 1.58. The third kappa shape index (κ3) is 3.40. The van der Waals surface area contributed by atoms with Crippen LogP contribution in [-0.2, 0) is 0 Å². The number of nitrogens with zero attached hydrogens (tertiary/aromatic N) is 1. The van der Waals surface area contributed by atoms with E-state index in [2.05, 4.69) is 88.0 Å². The van der Waals surface area contributed by atoms with E-state index in [1.165, 1.54) is 16.1 Å². The van der Waals surface area contributed by atoms with Crippen LogP contribution in [0.15, 0.2) is 53.4 Å². The van der Waals surface area contributed by atoms with Crippen LogP contribution in [0.4, 0.5) is 5.69 Å². The summed E-state index contributed by atoms with van der Waals surface area (Å²) in [6.45, 7) is 12.0. The maximum Gasteiger partial charge on any atom is 0.308 e. The molecular weight excluding hydrogens is 325 g/mol. The Bertz CT molecular complexity index is 675. The van der Waals surface area contributed by atoms with Gasteiger partial charge in [-0.3, -0.25) is 0 Å². The fourth-order valence-corrected chi connectivity index (χ4v) is 10.1. The van der Waals surface area contributed by atoms with Gasteiger partial charge in [-0.2, -0.15) is 0 Å². The molecule has 0 saturated carbocycles. The molecule has 1 unspecified atom stereocenters. The second-order valence-corrected chi connectivity index (χ2v) is 13.0. The van der Waals surface area contributed by atoms with Gasteiger partial charge in [0, 0.05) is 15.5 Å². The lowest BCUT2D eigenvalue weighted by Gasteiger charge is -2.44. The summed E-state index contributed by atoms with van der Waals surface area (Å²) in [5, 5.41) is 0. The van der Waals surface area contributed by atoms with Crippen LogP contribution in [0, 0.1) is 6.92 Å². The van der Waals surface area contributed by atoms with Crippen LogP contribution in [0.25, 0.3) is 0 Å². The van der Waals surface area contributed by atoms with Crippen molar-refractivity contribution in [3.63, 3.8) is 0 Å². The molecule has 1 nitrogen and oxygen atoms in total. The van der Waals surface area contributed by atoms with Crippen molar-refractivity contribution >= 4 is 31.6 Å². The molecule has 2 aromatic carbocycles. The van der Waals surface area contributed by atoms with Crippen molar-refractivity contribution in [3.8, 4) is 0 Å². The van der Waals surface area contributed by atoms with E-state index in [-0.39, 0.29) is 0 Å². The summed E-state index contributed by atoms with van der Waals surface area (Å²) in [7, 11) is 0. The molecule has 2 aromatic rings. The van der Waals surface area contributed by atoms with Gasteiger partial charge in [0.2, 0.25) is 0 Å². The maximum atomic E-state index is 2.68. The summed E-state index contributed by atoms with van der Waals surface area (Å²) in [5.74, 6) is 1.06. The van der Waals surface area contributed by atoms with Gasteiger partial charge in [0.05, 0.1) is 5.88 Å². The maximum absolute atomic E-state index is 2.68. The van der Waals surface area contributed by atoms with E-state index in [0.29, 0.717) is 4.90 Å². The third-order valence-corrected chi connectivity index (χ3v) is 11.0. The number of rotatable bonds is 4. The quantitative estimate of drug-likeness (QED) is 0.580. The van der Waals surface area contributed by atoms with Gasteiger partial charge in [0.25, 0.3) is 0 Å².